The molecule has 2 aromatic carbocycles. The van der Waals surface area contributed by atoms with Gasteiger partial charge in [0.15, 0.2) is 0 Å². The maximum Gasteiger partial charge on any atom is 0.143 e. The molecule has 1 saturated heterocycles. The Morgan fingerprint density at radius 3 is 2.52 bits per heavy atom. The van der Waals surface area contributed by atoms with Crippen molar-refractivity contribution < 1.29 is 0 Å². The molecule has 1 aromatic heterocycles. The number of anilines is 2. The summed E-state index contributed by atoms with van der Waals surface area (Å²) in [6, 6.07) is 18.6. The molecule has 6 heteroatoms. The van der Waals surface area contributed by atoms with Crippen LogP contribution >= 0.6 is 11.6 Å². The van der Waals surface area contributed by atoms with Crippen LogP contribution in [-0.4, -0.2) is 36.1 Å². The van der Waals surface area contributed by atoms with Gasteiger partial charge < -0.3 is 10.6 Å². The van der Waals surface area contributed by atoms with Crippen molar-refractivity contribution in [3.8, 4) is 6.07 Å². The SMILES string of the molecule is N#Cc1c(N)nc2ccc(N3CCN(Cc4ccccc4)CC3)cc2c1Cl. The second-order valence-corrected chi connectivity index (χ2v) is 7.13. The Kier molecular flexibility index (Phi) is 4.85. The van der Waals surface area contributed by atoms with Crippen LogP contribution in [0.2, 0.25) is 5.02 Å². The van der Waals surface area contributed by atoms with E-state index in [9.17, 15) is 5.26 Å². The van der Waals surface area contributed by atoms with Crippen LogP contribution in [0.25, 0.3) is 10.9 Å². The van der Waals surface area contributed by atoms with Crippen molar-refractivity contribution in [3.05, 3.63) is 64.7 Å². The number of nitriles is 1. The molecule has 0 aliphatic carbocycles. The molecule has 0 spiro atoms. The summed E-state index contributed by atoms with van der Waals surface area (Å²) in [6.07, 6.45) is 0. The molecule has 0 saturated carbocycles. The van der Waals surface area contributed by atoms with Crippen LogP contribution in [0.4, 0.5) is 11.5 Å². The van der Waals surface area contributed by atoms with Crippen molar-refractivity contribution in [2.75, 3.05) is 36.8 Å². The summed E-state index contributed by atoms with van der Waals surface area (Å²) in [5.41, 5.74) is 9.22. The second-order valence-electron chi connectivity index (χ2n) is 6.75. The van der Waals surface area contributed by atoms with E-state index in [-0.39, 0.29) is 11.4 Å². The average Bonchev–Trinajstić information content (AvgIpc) is 2.70. The van der Waals surface area contributed by atoms with Gasteiger partial charge in [-0.3, -0.25) is 4.90 Å². The number of halogens is 1. The first-order valence-electron chi connectivity index (χ1n) is 8.96. The number of piperazine rings is 1. The molecular formula is C21H20ClN5. The van der Waals surface area contributed by atoms with E-state index in [0.29, 0.717) is 10.5 Å². The molecule has 3 aromatic rings. The van der Waals surface area contributed by atoms with E-state index in [0.717, 1.165) is 43.8 Å². The number of hydrogen-bond donors (Lipinski definition) is 1. The molecule has 0 radical (unpaired) electrons. The number of nitrogens with zero attached hydrogens (tertiary/aromatic N) is 4. The first kappa shape index (κ1) is 17.6. The molecule has 0 bridgehead atoms. The first-order valence-corrected chi connectivity index (χ1v) is 9.33. The molecule has 0 atom stereocenters. The van der Waals surface area contributed by atoms with Crippen LogP contribution in [0.3, 0.4) is 0 Å². The molecular weight excluding hydrogens is 358 g/mol. The van der Waals surface area contributed by atoms with Crippen LogP contribution in [0.5, 0.6) is 0 Å². The lowest BCUT2D eigenvalue weighted by atomic mass is 10.1. The van der Waals surface area contributed by atoms with E-state index in [2.05, 4.69) is 39.0 Å². The minimum Gasteiger partial charge on any atom is -0.383 e. The molecule has 27 heavy (non-hydrogen) atoms. The van der Waals surface area contributed by atoms with Gasteiger partial charge in [-0.05, 0) is 23.8 Å². The van der Waals surface area contributed by atoms with E-state index in [1.165, 1.54) is 5.56 Å². The van der Waals surface area contributed by atoms with Gasteiger partial charge in [0.2, 0.25) is 0 Å². The zero-order valence-corrected chi connectivity index (χ0v) is 15.7. The van der Waals surface area contributed by atoms with Crippen molar-refractivity contribution in [1.82, 2.24) is 9.88 Å². The van der Waals surface area contributed by atoms with Crippen LogP contribution in [0.15, 0.2) is 48.5 Å². The number of pyridine rings is 1. The van der Waals surface area contributed by atoms with E-state index >= 15 is 0 Å². The number of hydrogen-bond acceptors (Lipinski definition) is 5. The van der Waals surface area contributed by atoms with Crippen LogP contribution in [0.1, 0.15) is 11.1 Å². The van der Waals surface area contributed by atoms with E-state index in [4.69, 9.17) is 17.3 Å². The number of rotatable bonds is 3. The third kappa shape index (κ3) is 3.55. The summed E-state index contributed by atoms with van der Waals surface area (Å²) in [4.78, 5) is 9.11. The maximum atomic E-state index is 9.26. The third-order valence-electron chi connectivity index (χ3n) is 5.03. The monoisotopic (exact) mass is 377 g/mol. The van der Waals surface area contributed by atoms with Gasteiger partial charge in [0.1, 0.15) is 17.5 Å². The van der Waals surface area contributed by atoms with Gasteiger partial charge in [0.25, 0.3) is 0 Å². The lowest BCUT2D eigenvalue weighted by Gasteiger charge is -2.36. The van der Waals surface area contributed by atoms with Gasteiger partial charge >= 0.3 is 0 Å². The first-order chi connectivity index (χ1) is 13.2. The normalized spacial score (nSPS) is 15.0. The largest absolute Gasteiger partial charge is 0.383 e. The number of benzene rings is 2. The quantitative estimate of drug-likeness (QED) is 0.754. The molecule has 136 valence electrons. The highest BCUT2D eigenvalue weighted by Gasteiger charge is 2.19. The summed E-state index contributed by atoms with van der Waals surface area (Å²) in [7, 11) is 0. The fraction of sp³-hybridized carbons (Fsp3) is 0.238. The van der Waals surface area contributed by atoms with Crippen LogP contribution in [0, 0.1) is 11.3 Å². The minimum atomic E-state index is 0.178. The third-order valence-corrected chi connectivity index (χ3v) is 5.42. The number of fused-ring (bicyclic) bond motifs is 1. The van der Waals surface area contributed by atoms with Crippen LogP contribution in [-0.2, 0) is 6.54 Å². The van der Waals surface area contributed by atoms with Crippen LogP contribution < -0.4 is 10.6 Å². The van der Waals surface area contributed by atoms with E-state index in [1.807, 2.05) is 30.3 Å². The maximum absolute atomic E-state index is 9.26. The highest BCUT2D eigenvalue weighted by molar-refractivity contribution is 6.37. The minimum absolute atomic E-state index is 0.178. The smallest absolute Gasteiger partial charge is 0.143 e. The summed E-state index contributed by atoms with van der Waals surface area (Å²) >= 11 is 6.40. The number of nitrogens with two attached hydrogens (primary N) is 1. The van der Waals surface area contributed by atoms with Gasteiger partial charge in [-0.25, -0.2) is 4.98 Å². The zero-order chi connectivity index (χ0) is 18.8. The Labute approximate surface area is 163 Å². The Bertz CT molecular complexity index is 1000. The fourth-order valence-corrected chi connectivity index (χ4v) is 3.83. The second kappa shape index (κ2) is 7.43. The highest BCUT2D eigenvalue weighted by atomic mass is 35.5. The van der Waals surface area contributed by atoms with Crippen molar-refractivity contribution in [3.63, 3.8) is 0 Å². The molecule has 1 fully saturated rings. The van der Waals surface area contributed by atoms with Gasteiger partial charge in [-0.15, -0.1) is 0 Å². The summed E-state index contributed by atoms with van der Waals surface area (Å²) < 4.78 is 0. The predicted molar refractivity (Wildman–Crippen MR) is 110 cm³/mol. The summed E-state index contributed by atoms with van der Waals surface area (Å²) in [5.74, 6) is 0.178. The molecule has 1 aliphatic heterocycles. The van der Waals surface area contributed by atoms with Gasteiger partial charge in [0, 0.05) is 43.8 Å². The van der Waals surface area contributed by atoms with E-state index in [1.54, 1.807) is 0 Å². The number of aromatic nitrogens is 1. The number of nitrogen functional groups attached to an aromatic ring is 1. The molecule has 2 heterocycles. The standard InChI is InChI=1S/C21H20ClN5/c22-20-17-12-16(6-7-19(17)25-21(24)18(20)13-23)27-10-8-26(9-11-27)14-15-4-2-1-3-5-15/h1-7,12H,8-11,14H2,(H2,24,25). The molecule has 4 rings (SSSR count). The lowest BCUT2D eigenvalue weighted by Crippen LogP contribution is -2.45. The molecule has 1 aliphatic rings. The molecule has 5 nitrogen and oxygen atoms in total. The van der Waals surface area contributed by atoms with Crippen molar-refractivity contribution in [2.45, 2.75) is 6.54 Å². The Morgan fingerprint density at radius 2 is 1.81 bits per heavy atom. The van der Waals surface area contributed by atoms with Gasteiger partial charge in [0.05, 0.1) is 10.5 Å². The summed E-state index contributed by atoms with van der Waals surface area (Å²) in [6.45, 7) is 4.88. The zero-order valence-electron chi connectivity index (χ0n) is 14.9. The molecule has 0 unspecified atom stereocenters. The summed E-state index contributed by atoms with van der Waals surface area (Å²) in [5, 5.41) is 10.4. The van der Waals surface area contributed by atoms with Gasteiger partial charge in [-0.2, -0.15) is 5.26 Å². The molecule has 0 amide bonds. The van der Waals surface area contributed by atoms with Crippen molar-refractivity contribution in [1.29, 1.82) is 5.26 Å². The van der Waals surface area contributed by atoms with Gasteiger partial charge in [-0.1, -0.05) is 41.9 Å². The molecule has 2 N–H and O–H groups in total. The van der Waals surface area contributed by atoms with E-state index < -0.39 is 0 Å². The topological polar surface area (TPSA) is 69.2 Å². The predicted octanol–water partition coefficient (Wildman–Crippen LogP) is 3.66. The lowest BCUT2D eigenvalue weighted by molar-refractivity contribution is 0.250. The Hall–Kier alpha value is -2.81. The Morgan fingerprint density at radius 1 is 1.07 bits per heavy atom. The fourth-order valence-electron chi connectivity index (χ4n) is 3.54. The van der Waals surface area contributed by atoms with Crippen molar-refractivity contribution >= 4 is 34.0 Å². The van der Waals surface area contributed by atoms with Crippen molar-refractivity contribution in [2.24, 2.45) is 0 Å². The Balaban J connectivity index is 1.51. The average molecular weight is 378 g/mol. The highest BCUT2D eigenvalue weighted by Crippen LogP contribution is 2.32.